The predicted octanol–water partition coefficient (Wildman–Crippen LogP) is 6.79. The van der Waals surface area contributed by atoms with Gasteiger partial charge in [0.25, 0.3) is 0 Å². The molecule has 4 unspecified atom stereocenters. The Morgan fingerprint density at radius 1 is 0.648 bits per heavy atom. The summed E-state index contributed by atoms with van der Waals surface area (Å²) in [5, 5.41) is 0. The van der Waals surface area contributed by atoms with E-state index < -0.39 is 66.4 Å². The Balaban J connectivity index is 1.14. The van der Waals surface area contributed by atoms with E-state index >= 15 is 0 Å². The van der Waals surface area contributed by atoms with Crippen molar-refractivity contribution in [2.45, 2.75) is 129 Å². The molecule has 2 fully saturated rings. The Bertz CT molecular complexity index is 1820. The van der Waals surface area contributed by atoms with Gasteiger partial charge < -0.3 is 18.9 Å². The van der Waals surface area contributed by atoms with Crippen LogP contribution in [0.4, 0.5) is 15.3 Å². The standard InChI is InChI=1S/C41H51N3O10/c1-24-9-19-32(43(24)38(49)53-40(3,4)5)36(47)51-22-34(45)27-13-11-26(12-14-27)28-15-17-30-29(21-28)16-18-31(42-30)35(46)23-52-37(48)33-20-10-25(2)44(33)39(50)54-41(6,7)8/h11-15,17,21,24-25,32-33H,9-10,16,18-20,22-23H2,1-8H3. The minimum Gasteiger partial charge on any atom is -0.456 e. The molecule has 2 saturated heterocycles. The zero-order valence-electron chi connectivity index (χ0n) is 32.4. The highest BCUT2D eigenvalue weighted by molar-refractivity contribution is 6.41. The Kier molecular flexibility index (Phi) is 12.0. The van der Waals surface area contributed by atoms with Crippen LogP contribution in [-0.2, 0) is 39.8 Å². The van der Waals surface area contributed by atoms with Gasteiger partial charge in [0.2, 0.25) is 5.78 Å². The number of aryl methyl sites for hydroxylation is 1. The van der Waals surface area contributed by atoms with Gasteiger partial charge in [0, 0.05) is 17.6 Å². The number of benzene rings is 2. The van der Waals surface area contributed by atoms with Gasteiger partial charge in [-0.3, -0.25) is 19.4 Å². The molecule has 290 valence electrons. The molecule has 3 heterocycles. The Labute approximate surface area is 316 Å². The second kappa shape index (κ2) is 16.1. The van der Waals surface area contributed by atoms with Crippen molar-refractivity contribution < 1.29 is 47.7 Å². The first kappa shape index (κ1) is 40.1. The van der Waals surface area contributed by atoms with Crippen LogP contribution in [0.3, 0.4) is 0 Å². The highest BCUT2D eigenvalue weighted by Gasteiger charge is 2.43. The molecule has 2 aromatic rings. The molecular formula is C41H51N3O10. The number of ketones is 2. The van der Waals surface area contributed by atoms with E-state index in [1.54, 1.807) is 53.7 Å². The van der Waals surface area contributed by atoms with Crippen LogP contribution in [-0.4, -0.2) is 99.8 Å². The van der Waals surface area contributed by atoms with Crippen molar-refractivity contribution in [1.82, 2.24) is 9.80 Å². The highest BCUT2D eigenvalue weighted by Crippen LogP contribution is 2.32. The number of fused-ring (bicyclic) bond motifs is 1. The van der Waals surface area contributed by atoms with E-state index in [0.29, 0.717) is 55.5 Å². The van der Waals surface area contributed by atoms with Crippen molar-refractivity contribution in [2.24, 2.45) is 4.99 Å². The summed E-state index contributed by atoms with van der Waals surface area (Å²) >= 11 is 0. The summed E-state index contributed by atoms with van der Waals surface area (Å²) in [4.78, 5) is 84.7. The number of Topliss-reactive ketones (excluding diaryl/α,β-unsaturated/α-hetero) is 2. The van der Waals surface area contributed by atoms with Crippen LogP contribution in [0.2, 0.25) is 0 Å². The molecule has 2 amide bonds. The van der Waals surface area contributed by atoms with Crippen LogP contribution in [0.1, 0.15) is 103 Å². The first-order valence-corrected chi connectivity index (χ1v) is 18.5. The van der Waals surface area contributed by atoms with Crippen molar-refractivity contribution >= 4 is 47.1 Å². The first-order valence-electron chi connectivity index (χ1n) is 18.5. The van der Waals surface area contributed by atoms with Crippen molar-refractivity contribution in [2.75, 3.05) is 13.2 Å². The summed E-state index contributed by atoms with van der Waals surface area (Å²) in [7, 11) is 0. The fraction of sp³-hybridized carbons (Fsp3) is 0.537. The van der Waals surface area contributed by atoms with Gasteiger partial charge in [-0.15, -0.1) is 0 Å². The minimum absolute atomic E-state index is 0.191. The molecule has 0 N–H and O–H groups in total. The smallest absolute Gasteiger partial charge is 0.411 e. The zero-order chi connectivity index (χ0) is 39.5. The molecule has 0 aliphatic carbocycles. The van der Waals surface area contributed by atoms with Gasteiger partial charge in [-0.05, 0) is 123 Å². The summed E-state index contributed by atoms with van der Waals surface area (Å²) in [6, 6.07) is 10.6. The van der Waals surface area contributed by atoms with Crippen molar-refractivity contribution in [3.63, 3.8) is 0 Å². The number of carbonyl (C=O) groups is 6. The molecule has 0 aromatic heterocycles. The molecule has 2 aromatic carbocycles. The van der Waals surface area contributed by atoms with E-state index in [1.807, 2.05) is 44.2 Å². The maximum Gasteiger partial charge on any atom is 0.411 e. The molecule has 5 rings (SSSR count). The number of nitrogens with zero attached hydrogens (tertiary/aromatic N) is 3. The van der Waals surface area contributed by atoms with E-state index in [0.717, 1.165) is 16.7 Å². The third kappa shape index (κ3) is 9.72. The number of amides is 2. The number of hydrogen-bond donors (Lipinski definition) is 0. The van der Waals surface area contributed by atoms with Crippen LogP contribution < -0.4 is 0 Å². The number of hydrogen-bond acceptors (Lipinski definition) is 11. The molecule has 0 radical (unpaired) electrons. The minimum atomic E-state index is -0.816. The number of likely N-dealkylation sites (tertiary alicyclic amines) is 2. The second-order valence-electron chi connectivity index (χ2n) is 16.2. The molecule has 0 spiro atoms. The second-order valence-corrected chi connectivity index (χ2v) is 16.2. The lowest BCUT2D eigenvalue weighted by atomic mass is 9.95. The maximum atomic E-state index is 13.0. The summed E-state index contributed by atoms with van der Waals surface area (Å²) in [6.07, 6.45) is 1.87. The van der Waals surface area contributed by atoms with Gasteiger partial charge in [0.05, 0.1) is 11.4 Å². The number of aliphatic imine (C=N–C) groups is 1. The van der Waals surface area contributed by atoms with Gasteiger partial charge in [0.1, 0.15) is 23.3 Å². The number of ether oxygens (including phenoxy) is 4. The van der Waals surface area contributed by atoms with Gasteiger partial charge in [0.15, 0.2) is 19.0 Å². The van der Waals surface area contributed by atoms with Gasteiger partial charge >= 0.3 is 24.1 Å². The highest BCUT2D eigenvalue weighted by atomic mass is 16.6. The molecule has 54 heavy (non-hydrogen) atoms. The molecule has 13 nitrogen and oxygen atoms in total. The van der Waals surface area contributed by atoms with E-state index in [4.69, 9.17) is 18.9 Å². The summed E-state index contributed by atoms with van der Waals surface area (Å²) < 4.78 is 21.7. The third-order valence-electron chi connectivity index (χ3n) is 9.61. The fourth-order valence-corrected chi connectivity index (χ4v) is 6.89. The number of rotatable bonds is 9. The van der Waals surface area contributed by atoms with Crippen molar-refractivity contribution in [3.05, 3.63) is 53.6 Å². The lowest BCUT2D eigenvalue weighted by Gasteiger charge is -2.30. The average molecular weight is 746 g/mol. The van der Waals surface area contributed by atoms with E-state index in [1.165, 1.54) is 9.80 Å². The van der Waals surface area contributed by atoms with Crippen LogP contribution in [0.25, 0.3) is 11.1 Å². The van der Waals surface area contributed by atoms with Crippen LogP contribution in [0.15, 0.2) is 47.5 Å². The molecule has 3 aliphatic rings. The van der Waals surface area contributed by atoms with E-state index in [2.05, 4.69) is 4.99 Å². The lowest BCUT2D eigenvalue weighted by molar-refractivity contribution is -0.151. The Hall–Kier alpha value is -5.07. The summed E-state index contributed by atoms with van der Waals surface area (Å²) in [6.45, 7) is 13.3. The molecule has 4 atom stereocenters. The molecule has 0 saturated carbocycles. The van der Waals surface area contributed by atoms with E-state index in [-0.39, 0.29) is 17.9 Å². The summed E-state index contributed by atoms with van der Waals surface area (Å²) in [5.74, 6) is -2.04. The Morgan fingerprint density at radius 3 is 1.63 bits per heavy atom. The monoisotopic (exact) mass is 745 g/mol. The zero-order valence-corrected chi connectivity index (χ0v) is 32.4. The number of esters is 2. The largest absolute Gasteiger partial charge is 0.456 e. The van der Waals surface area contributed by atoms with Crippen LogP contribution in [0.5, 0.6) is 0 Å². The van der Waals surface area contributed by atoms with Crippen LogP contribution >= 0.6 is 0 Å². The van der Waals surface area contributed by atoms with Gasteiger partial charge in [-0.1, -0.05) is 30.3 Å². The quantitative estimate of drug-likeness (QED) is 0.152. The predicted molar refractivity (Wildman–Crippen MR) is 200 cm³/mol. The molecular weight excluding hydrogens is 694 g/mol. The number of carbonyl (C=O) groups excluding carboxylic acids is 6. The Morgan fingerprint density at radius 2 is 1.13 bits per heavy atom. The van der Waals surface area contributed by atoms with Crippen molar-refractivity contribution in [3.8, 4) is 11.1 Å². The topological polar surface area (TPSA) is 158 Å². The van der Waals surface area contributed by atoms with Crippen molar-refractivity contribution in [1.29, 1.82) is 0 Å². The van der Waals surface area contributed by atoms with Gasteiger partial charge in [-0.25, -0.2) is 24.2 Å². The average Bonchev–Trinajstić information content (AvgIpc) is 3.69. The SMILES string of the molecule is CC1CCC(C(=O)OCC(=O)C2=Nc3ccc(-c4ccc(C(=O)COC(=O)C5CCC(C)N5C(=O)OC(C)(C)C)cc4)cc3CC2)N1C(=O)OC(C)(C)C. The van der Waals surface area contributed by atoms with Crippen LogP contribution in [0, 0.1) is 0 Å². The van der Waals surface area contributed by atoms with E-state index in [9.17, 15) is 28.8 Å². The normalized spacial score (nSPS) is 21.1. The molecule has 3 aliphatic heterocycles. The summed E-state index contributed by atoms with van der Waals surface area (Å²) in [5.41, 5.74) is 2.62. The molecule has 13 heteroatoms. The lowest BCUT2D eigenvalue weighted by Crippen LogP contribution is -2.47. The third-order valence-corrected chi connectivity index (χ3v) is 9.61. The molecule has 0 bridgehead atoms. The maximum absolute atomic E-state index is 13.0. The fourth-order valence-electron chi connectivity index (χ4n) is 6.89. The first-order chi connectivity index (χ1) is 25.3. The van der Waals surface area contributed by atoms with Gasteiger partial charge in [-0.2, -0.15) is 0 Å².